The molecule has 1 aromatic heterocycles. The van der Waals surface area contributed by atoms with Crippen molar-refractivity contribution in [3.05, 3.63) is 35.5 Å². The Morgan fingerprint density at radius 2 is 2.04 bits per heavy atom. The van der Waals surface area contributed by atoms with Crippen LogP contribution in [0.25, 0.3) is 11.3 Å². The molecule has 0 aliphatic carbocycles. The Kier molecular flexibility index (Phi) is 3.37. The van der Waals surface area contributed by atoms with E-state index in [0.717, 1.165) is 42.8 Å². The Morgan fingerprint density at radius 1 is 1.20 bits per heavy atom. The number of anilines is 1. The van der Waals surface area contributed by atoms with Crippen molar-refractivity contribution in [1.82, 2.24) is 14.7 Å². The van der Waals surface area contributed by atoms with Crippen molar-refractivity contribution in [3.8, 4) is 11.3 Å². The Bertz CT molecular complexity index is 805. The molecule has 5 heteroatoms. The van der Waals surface area contributed by atoms with Crippen LogP contribution < -0.4 is 5.32 Å². The van der Waals surface area contributed by atoms with Gasteiger partial charge in [-0.1, -0.05) is 6.07 Å². The van der Waals surface area contributed by atoms with Crippen LogP contribution in [0.15, 0.2) is 24.3 Å². The fourth-order valence-corrected chi connectivity index (χ4v) is 4.69. The molecule has 2 saturated heterocycles. The first-order valence-electron chi connectivity index (χ1n) is 9.46. The van der Waals surface area contributed by atoms with E-state index >= 15 is 0 Å². The van der Waals surface area contributed by atoms with Crippen molar-refractivity contribution in [2.45, 2.75) is 64.1 Å². The molecule has 2 amide bonds. The molecule has 25 heavy (non-hydrogen) atoms. The number of nitrogens with one attached hydrogen (secondary N) is 1. The van der Waals surface area contributed by atoms with E-state index in [1.54, 1.807) is 0 Å². The van der Waals surface area contributed by atoms with Crippen LogP contribution >= 0.6 is 0 Å². The normalized spacial score (nSPS) is 24.0. The molecule has 2 fully saturated rings. The molecule has 1 aromatic carbocycles. The Labute approximate surface area is 148 Å². The van der Waals surface area contributed by atoms with E-state index in [0.29, 0.717) is 12.1 Å². The minimum atomic E-state index is 0.0584. The van der Waals surface area contributed by atoms with E-state index in [1.165, 1.54) is 30.5 Å². The quantitative estimate of drug-likeness (QED) is 0.902. The number of rotatable bonds is 2. The summed E-state index contributed by atoms with van der Waals surface area (Å²) in [5.74, 6) is 0. The topological polar surface area (TPSA) is 50.2 Å². The van der Waals surface area contributed by atoms with Crippen molar-refractivity contribution in [1.29, 1.82) is 0 Å². The maximum Gasteiger partial charge on any atom is 0.322 e. The monoisotopic (exact) mass is 336 g/mol. The highest BCUT2D eigenvalue weighted by molar-refractivity contribution is 5.91. The van der Waals surface area contributed by atoms with E-state index in [-0.39, 0.29) is 6.03 Å². The molecule has 2 unspecified atom stereocenters. The molecule has 2 bridgehead atoms. The molecule has 0 radical (unpaired) electrons. The van der Waals surface area contributed by atoms with E-state index < -0.39 is 0 Å². The van der Waals surface area contributed by atoms with Crippen LogP contribution in [0, 0.1) is 6.92 Å². The van der Waals surface area contributed by atoms with Crippen molar-refractivity contribution in [2.75, 3.05) is 5.32 Å². The second-order valence-electron chi connectivity index (χ2n) is 7.69. The summed E-state index contributed by atoms with van der Waals surface area (Å²) in [5, 5.41) is 7.86. The average Bonchev–Trinajstić information content (AvgIpc) is 3.19. The third-order valence-corrected chi connectivity index (χ3v) is 6.07. The number of urea groups is 1. The van der Waals surface area contributed by atoms with Gasteiger partial charge in [-0.15, -0.1) is 0 Å². The van der Waals surface area contributed by atoms with Crippen molar-refractivity contribution >= 4 is 11.7 Å². The van der Waals surface area contributed by atoms with E-state index in [2.05, 4.69) is 35.1 Å². The summed E-state index contributed by atoms with van der Waals surface area (Å²) in [7, 11) is 0. The number of hydrogen-bond acceptors (Lipinski definition) is 2. The third kappa shape index (κ3) is 2.44. The van der Waals surface area contributed by atoms with Gasteiger partial charge in [-0.3, -0.25) is 4.68 Å². The molecular formula is C20H24N4O. The number of amides is 2. The number of aromatic nitrogens is 2. The Balaban J connectivity index is 1.38. The molecule has 2 aromatic rings. The van der Waals surface area contributed by atoms with Gasteiger partial charge in [0.25, 0.3) is 0 Å². The van der Waals surface area contributed by atoms with E-state index in [1.807, 2.05) is 11.0 Å². The molecule has 2 atom stereocenters. The second-order valence-corrected chi connectivity index (χ2v) is 7.69. The molecule has 0 spiro atoms. The summed E-state index contributed by atoms with van der Waals surface area (Å²) in [6, 6.07) is 9.31. The van der Waals surface area contributed by atoms with Crippen LogP contribution in [0.5, 0.6) is 0 Å². The lowest BCUT2D eigenvalue weighted by atomic mass is 9.80. The van der Waals surface area contributed by atoms with Crippen molar-refractivity contribution in [2.24, 2.45) is 0 Å². The summed E-state index contributed by atoms with van der Waals surface area (Å²) in [6.45, 7) is 3.12. The minimum Gasteiger partial charge on any atom is -0.318 e. The minimum absolute atomic E-state index is 0.0584. The molecule has 3 aliphatic rings. The number of hydrogen-bond donors (Lipinski definition) is 1. The summed E-state index contributed by atoms with van der Waals surface area (Å²) in [5.41, 5.74) is 5.50. The van der Waals surface area contributed by atoms with Gasteiger partial charge in [0, 0.05) is 35.6 Å². The van der Waals surface area contributed by atoms with Crippen LogP contribution in [0.1, 0.15) is 43.4 Å². The molecule has 130 valence electrons. The Hall–Kier alpha value is -2.30. The van der Waals surface area contributed by atoms with Gasteiger partial charge in [-0.25, -0.2) is 4.79 Å². The smallest absolute Gasteiger partial charge is 0.318 e. The summed E-state index contributed by atoms with van der Waals surface area (Å²) < 4.78 is 2.11. The fraction of sp³-hybridized carbons (Fsp3) is 0.500. The first kappa shape index (κ1) is 15.0. The van der Waals surface area contributed by atoms with Gasteiger partial charge in [0.15, 0.2) is 0 Å². The van der Waals surface area contributed by atoms with Crippen molar-refractivity contribution in [3.63, 3.8) is 0 Å². The molecule has 1 N–H and O–H groups in total. The average molecular weight is 336 g/mol. The predicted octanol–water partition coefficient (Wildman–Crippen LogP) is 3.96. The van der Waals surface area contributed by atoms with Gasteiger partial charge < -0.3 is 10.2 Å². The number of carbonyl (C=O) groups is 1. The molecular weight excluding hydrogens is 312 g/mol. The highest BCUT2D eigenvalue weighted by atomic mass is 16.2. The zero-order chi connectivity index (χ0) is 17.0. The van der Waals surface area contributed by atoms with E-state index in [9.17, 15) is 4.79 Å². The molecule has 5 nitrogen and oxygen atoms in total. The fourth-order valence-electron chi connectivity index (χ4n) is 4.69. The lowest BCUT2D eigenvalue weighted by molar-refractivity contribution is 0.0173. The van der Waals surface area contributed by atoms with Gasteiger partial charge in [0.1, 0.15) is 0 Å². The largest absolute Gasteiger partial charge is 0.322 e. The third-order valence-electron chi connectivity index (χ3n) is 6.07. The molecule has 3 aliphatic heterocycles. The van der Waals surface area contributed by atoms with Gasteiger partial charge >= 0.3 is 6.03 Å². The standard InChI is InChI=1S/C20H24N4O/c1-13-7-8-14(21-20(25)24-16-4-2-5-17(24)11-16)10-18(13)19-12-15-6-3-9-23(15)22-19/h7-8,10,12,16-17H,2-6,9,11H2,1H3,(H,21,25). The maximum atomic E-state index is 12.6. The lowest BCUT2D eigenvalue weighted by Gasteiger charge is -2.52. The Morgan fingerprint density at radius 3 is 2.80 bits per heavy atom. The highest BCUT2D eigenvalue weighted by Gasteiger charge is 2.44. The second kappa shape index (κ2) is 5.61. The number of fused-ring (bicyclic) bond motifs is 3. The SMILES string of the molecule is Cc1ccc(NC(=O)N2C3CCCC2C3)cc1-c1cc2n(n1)CCC2. The zero-order valence-corrected chi connectivity index (χ0v) is 14.7. The van der Waals surface area contributed by atoms with Crippen LogP contribution in [-0.2, 0) is 13.0 Å². The molecule has 0 saturated carbocycles. The van der Waals surface area contributed by atoms with Gasteiger partial charge in [-0.2, -0.15) is 5.10 Å². The van der Waals surface area contributed by atoms with Crippen LogP contribution in [0.2, 0.25) is 0 Å². The van der Waals surface area contributed by atoms with E-state index in [4.69, 9.17) is 5.10 Å². The molecule has 5 rings (SSSR count). The number of carbonyl (C=O) groups excluding carboxylic acids is 1. The van der Waals surface area contributed by atoms with Crippen LogP contribution in [-0.4, -0.2) is 32.8 Å². The van der Waals surface area contributed by atoms with Crippen LogP contribution in [0.3, 0.4) is 0 Å². The maximum absolute atomic E-state index is 12.6. The summed E-state index contributed by atoms with van der Waals surface area (Å²) >= 11 is 0. The summed E-state index contributed by atoms with van der Waals surface area (Å²) in [6.07, 6.45) is 7.06. The van der Waals surface area contributed by atoms with Gasteiger partial charge in [-0.05, 0) is 69.2 Å². The lowest BCUT2D eigenvalue weighted by Crippen LogP contribution is -2.62. The summed E-state index contributed by atoms with van der Waals surface area (Å²) in [4.78, 5) is 14.7. The van der Waals surface area contributed by atoms with Crippen LogP contribution in [0.4, 0.5) is 10.5 Å². The number of aryl methyl sites for hydroxylation is 3. The number of benzene rings is 1. The number of nitrogens with zero attached hydrogens (tertiary/aromatic N) is 3. The van der Waals surface area contributed by atoms with Gasteiger partial charge in [0.2, 0.25) is 0 Å². The first-order chi connectivity index (χ1) is 12.2. The number of piperidine rings is 1. The molecule has 4 heterocycles. The first-order valence-corrected chi connectivity index (χ1v) is 9.46. The zero-order valence-electron chi connectivity index (χ0n) is 14.7. The predicted molar refractivity (Wildman–Crippen MR) is 97.6 cm³/mol. The van der Waals surface area contributed by atoms with Crippen molar-refractivity contribution < 1.29 is 4.79 Å². The van der Waals surface area contributed by atoms with Gasteiger partial charge in [0.05, 0.1) is 5.69 Å². The highest BCUT2D eigenvalue weighted by Crippen LogP contribution is 2.38.